The average Bonchev–Trinajstić information content (AvgIpc) is 2.97. The van der Waals surface area contributed by atoms with Gasteiger partial charge in [-0.15, -0.1) is 0 Å². The van der Waals surface area contributed by atoms with Crippen molar-refractivity contribution in [2.75, 3.05) is 26.2 Å². The van der Waals surface area contributed by atoms with Crippen molar-refractivity contribution in [2.45, 2.75) is 207 Å². The van der Waals surface area contributed by atoms with E-state index in [1.54, 1.807) is 0 Å². The lowest BCUT2D eigenvalue weighted by molar-refractivity contribution is 0.558. The molecule has 0 radical (unpaired) electrons. The van der Waals surface area contributed by atoms with E-state index >= 15 is 0 Å². The maximum absolute atomic E-state index is 5.42. The van der Waals surface area contributed by atoms with Crippen molar-refractivity contribution in [2.24, 2.45) is 22.9 Å². The van der Waals surface area contributed by atoms with Gasteiger partial charge in [0.15, 0.2) is 0 Å². The summed E-state index contributed by atoms with van der Waals surface area (Å²) in [4.78, 5) is 0. The Morgan fingerprint density at radius 1 is 0.200 bits per heavy atom. The second-order valence-electron chi connectivity index (χ2n) is 11.6. The molecule has 0 fully saturated rings. The smallest absolute Gasteiger partial charge is 0.00773 e. The molecule has 0 rings (SSSR count). The van der Waals surface area contributed by atoms with E-state index in [2.05, 4.69) is 27.7 Å². The van der Waals surface area contributed by atoms with E-state index in [9.17, 15) is 0 Å². The minimum Gasteiger partial charge on any atom is -0.330 e. The van der Waals surface area contributed by atoms with Gasteiger partial charge < -0.3 is 22.9 Å². The zero-order valence-corrected chi connectivity index (χ0v) is 28.9. The molecule has 0 aliphatic rings. The molecule has 0 atom stereocenters. The molecule has 0 heterocycles. The molecular weight excluding hydrogens is 488 g/mol. The van der Waals surface area contributed by atoms with E-state index in [4.69, 9.17) is 22.9 Å². The Kier molecular flexibility index (Phi) is 64.2. The Morgan fingerprint density at radius 2 is 0.325 bits per heavy atom. The summed E-state index contributed by atoms with van der Waals surface area (Å²) in [7, 11) is 0. The van der Waals surface area contributed by atoms with Crippen LogP contribution in [0.2, 0.25) is 0 Å². The molecule has 0 aromatic rings. The molecule has 8 N–H and O–H groups in total. The second-order valence-corrected chi connectivity index (χ2v) is 11.6. The highest BCUT2D eigenvalue weighted by atomic mass is 14.5. The fraction of sp³-hybridized carbons (Fsp3) is 1.00. The van der Waals surface area contributed by atoms with E-state index < -0.39 is 0 Å². The van der Waals surface area contributed by atoms with Gasteiger partial charge in [-0.05, 0) is 51.9 Å². The molecule has 0 aliphatic heterocycles. The highest BCUT2D eigenvalue weighted by Gasteiger charge is 1.91. The van der Waals surface area contributed by atoms with E-state index in [1.807, 2.05) is 0 Å². The van der Waals surface area contributed by atoms with Crippen LogP contribution in [0.3, 0.4) is 0 Å². The van der Waals surface area contributed by atoms with E-state index in [0.717, 1.165) is 26.2 Å². The van der Waals surface area contributed by atoms with E-state index in [0.29, 0.717) is 0 Å². The summed E-state index contributed by atoms with van der Waals surface area (Å²) in [6.07, 6.45) is 38.1. The first-order valence-electron chi connectivity index (χ1n) is 18.5. The lowest BCUT2D eigenvalue weighted by atomic mass is 10.1. The summed E-state index contributed by atoms with van der Waals surface area (Å²) >= 11 is 0. The third-order valence-corrected chi connectivity index (χ3v) is 7.23. The van der Waals surface area contributed by atoms with Gasteiger partial charge in [-0.25, -0.2) is 0 Å². The van der Waals surface area contributed by atoms with Crippen LogP contribution in [0.1, 0.15) is 207 Å². The van der Waals surface area contributed by atoms with Crippen LogP contribution in [-0.4, -0.2) is 26.2 Å². The van der Waals surface area contributed by atoms with Crippen LogP contribution >= 0.6 is 0 Å². The summed E-state index contributed by atoms with van der Waals surface area (Å²) < 4.78 is 0. The molecule has 0 saturated heterocycles. The Labute approximate surface area is 256 Å². The molecule has 4 nitrogen and oxygen atoms in total. The van der Waals surface area contributed by atoms with Gasteiger partial charge in [0, 0.05) is 0 Å². The van der Waals surface area contributed by atoms with Crippen LogP contribution in [0, 0.1) is 0 Å². The van der Waals surface area contributed by atoms with Crippen molar-refractivity contribution < 1.29 is 0 Å². The van der Waals surface area contributed by atoms with Crippen molar-refractivity contribution in [1.29, 1.82) is 0 Å². The predicted octanol–water partition coefficient (Wildman–Crippen LogP) is 10.8. The van der Waals surface area contributed by atoms with Gasteiger partial charge in [-0.3, -0.25) is 0 Å². The third kappa shape index (κ3) is 66.3. The van der Waals surface area contributed by atoms with Gasteiger partial charge in [-0.1, -0.05) is 182 Å². The summed E-state index contributed by atoms with van der Waals surface area (Å²) in [5.41, 5.74) is 21.4. The Hall–Kier alpha value is -0.160. The standard InChI is InChI=1S/C12H27N.C10H23N.C8H19N.C6H15N/c1-2-3-4-5-6-7-8-9-10-11-12-13;1-2-3-4-5-6-7-8-9-10-11;1-2-3-4-5-6-7-8-9;1-2-3-4-5-6-7/h2-13H2,1H3;2-11H2,1H3;2-9H2,1H3;2-7H2,1H3. The molecule has 0 saturated carbocycles. The van der Waals surface area contributed by atoms with Gasteiger partial charge in [-0.2, -0.15) is 0 Å². The van der Waals surface area contributed by atoms with Crippen LogP contribution in [-0.2, 0) is 0 Å². The highest BCUT2D eigenvalue weighted by molar-refractivity contribution is 4.48. The molecule has 0 amide bonds. The molecular formula is C36H84N4. The molecule has 0 unspecified atom stereocenters. The minimum atomic E-state index is 0.861. The summed E-state index contributed by atoms with van der Waals surface area (Å²) in [6, 6.07) is 0. The fourth-order valence-corrected chi connectivity index (χ4v) is 4.41. The van der Waals surface area contributed by atoms with Crippen LogP contribution in [0.4, 0.5) is 0 Å². The van der Waals surface area contributed by atoms with Crippen LogP contribution in [0.15, 0.2) is 0 Å². The summed E-state index contributed by atoms with van der Waals surface area (Å²) in [5.74, 6) is 0. The average molecular weight is 573 g/mol. The van der Waals surface area contributed by atoms with Crippen molar-refractivity contribution in [3.63, 3.8) is 0 Å². The van der Waals surface area contributed by atoms with Gasteiger partial charge in [0.05, 0.1) is 0 Å². The highest BCUT2D eigenvalue weighted by Crippen LogP contribution is 2.10. The van der Waals surface area contributed by atoms with Gasteiger partial charge in [0.1, 0.15) is 0 Å². The molecule has 248 valence electrons. The van der Waals surface area contributed by atoms with Crippen LogP contribution in [0.25, 0.3) is 0 Å². The van der Waals surface area contributed by atoms with Crippen molar-refractivity contribution in [1.82, 2.24) is 0 Å². The first-order valence-corrected chi connectivity index (χ1v) is 18.5. The van der Waals surface area contributed by atoms with Gasteiger partial charge in [0.25, 0.3) is 0 Å². The zero-order chi connectivity index (χ0) is 30.6. The first-order chi connectivity index (χ1) is 19.7. The minimum absolute atomic E-state index is 0.861. The molecule has 0 bridgehead atoms. The second kappa shape index (κ2) is 54.9. The molecule has 0 aromatic heterocycles. The lowest BCUT2D eigenvalue weighted by Crippen LogP contribution is -1.97. The maximum atomic E-state index is 5.42. The van der Waals surface area contributed by atoms with Gasteiger partial charge in [0.2, 0.25) is 0 Å². The molecule has 0 spiro atoms. The first kappa shape index (κ1) is 46.8. The number of hydrogen-bond donors (Lipinski definition) is 4. The van der Waals surface area contributed by atoms with Gasteiger partial charge >= 0.3 is 0 Å². The van der Waals surface area contributed by atoms with Crippen LogP contribution in [0.5, 0.6) is 0 Å². The Bertz CT molecular complexity index is 311. The monoisotopic (exact) mass is 573 g/mol. The predicted molar refractivity (Wildman–Crippen MR) is 188 cm³/mol. The van der Waals surface area contributed by atoms with E-state index in [1.165, 1.54) is 180 Å². The number of hydrogen-bond acceptors (Lipinski definition) is 4. The van der Waals surface area contributed by atoms with Crippen molar-refractivity contribution in [3.8, 4) is 0 Å². The fourth-order valence-electron chi connectivity index (χ4n) is 4.41. The number of nitrogens with two attached hydrogens (primary N) is 4. The lowest BCUT2D eigenvalue weighted by Gasteiger charge is -2.00. The normalized spacial score (nSPS) is 10.2. The molecule has 0 aromatic carbocycles. The number of unbranched alkanes of at least 4 members (excludes halogenated alkanes) is 24. The van der Waals surface area contributed by atoms with Crippen LogP contribution < -0.4 is 22.9 Å². The zero-order valence-electron chi connectivity index (χ0n) is 28.9. The SMILES string of the molecule is CCCCCCCCCCCCN.CCCCCCCCCCN.CCCCCCCCN.CCCCCCN. The largest absolute Gasteiger partial charge is 0.330 e. The Morgan fingerprint density at radius 3 is 0.475 bits per heavy atom. The molecule has 40 heavy (non-hydrogen) atoms. The molecule has 0 aliphatic carbocycles. The Balaban J connectivity index is -0.000000221. The molecule has 4 heteroatoms. The third-order valence-electron chi connectivity index (χ3n) is 7.23. The maximum Gasteiger partial charge on any atom is -0.00773 e. The quantitative estimate of drug-likeness (QED) is 0.0700. The summed E-state index contributed by atoms with van der Waals surface area (Å²) in [6.45, 7) is 12.4. The van der Waals surface area contributed by atoms with Crippen molar-refractivity contribution >= 4 is 0 Å². The summed E-state index contributed by atoms with van der Waals surface area (Å²) in [5, 5.41) is 0. The topological polar surface area (TPSA) is 104 Å². The van der Waals surface area contributed by atoms with Crippen molar-refractivity contribution in [3.05, 3.63) is 0 Å². The van der Waals surface area contributed by atoms with E-state index in [-0.39, 0.29) is 0 Å². The number of rotatable bonds is 28.